The number of benzene rings is 1. The highest BCUT2D eigenvalue weighted by atomic mass is 35.5. The molecule has 0 aliphatic carbocycles. The van der Waals surface area contributed by atoms with Crippen LogP contribution >= 0.6 is 22.9 Å². The first-order valence-corrected chi connectivity index (χ1v) is 10.7. The Morgan fingerprint density at radius 3 is 2.89 bits per heavy atom. The van der Waals surface area contributed by atoms with Crippen molar-refractivity contribution in [2.45, 2.75) is 38.6 Å². The van der Waals surface area contributed by atoms with E-state index in [0.717, 1.165) is 43.5 Å². The lowest BCUT2D eigenvalue weighted by molar-refractivity contribution is -0.132. The van der Waals surface area contributed by atoms with Gasteiger partial charge in [-0.3, -0.25) is 9.59 Å². The summed E-state index contributed by atoms with van der Waals surface area (Å²) in [6.07, 6.45) is 3.88. The summed E-state index contributed by atoms with van der Waals surface area (Å²) in [7, 11) is 0. The number of nitrogens with zero attached hydrogens (tertiary/aromatic N) is 1. The van der Waals surface area contributed by atoms with E-state index < -0.39 is 0 Å². The maximum atomic E-state index is 12.5. The van der Waals surface area contributed by atoms with Crippen molar-refractivity contribution >= 4 is 34.8 Å². The lowest BCUT2D eigenvalue weighted by Gasteiger charge is -2.32. The molecule has 1 N–H and O–H groups in total. The summed E-state index contributed by atoms with van der Waals surface area (Å²) < 4.78 is 0. The van der Waals surface area contributed by atoms with Gasteiger partial charge in [0.25, 0.3) is 0 Å². The van der Waals surface area contributed by atoms with Gasteiger partial charge in [0.05, 0.1) is 6.42 Å². The molecule has 1 aromatic carbocycles. The van der Waals surface area contributed by atoms with Gasteiger partial charge in [-0.2, -0.15) is 11.3 Å². The molecular formula is C21H25ClN2O2S. The summed E-state index contributed by atoms with van der Waals surface area (Å²) in [6.45, 7) is 2.05. The number of nitrogens with one attached hydrogen (secondary N) is 1. The molecule has 144 valence electrons. The minimum absolute atomic E-state index is 0.0386. The van der Waals surface area contributed by atoms with Crippen LogP contribution in [0.5, 0.6) is 0 Å². The Morgan fingerprint density at radius 1 is 1.26 bits per heavy atom. The van der Waals surface area contributed by atoms with E-state index in [1.54, 1.807) is 11.3 Å². The Hall–Kier alpha value is -1.85. The van der Waals surface area contributed by atoms with Gasteiger partial charge in [-0.05, 0) is 59.2 Å². The molecule has 1 saturated heterocycles. The number of hydrogen-bond donors (Lipinski definition) is 1. The highest BCUT2D eigenvalue weighted by molar-refractivity contribution is 7.08. The summed E-state index contributed by atoms with van der Waals surface area (Å²) in [6, 6.07) is 9.54. The number of thiophene rings is 1. The first-order chi connectivity index (χ1) is 13.1. The Labute approximate surface area is 169 Å². The van der Waals surface area contributed by atoms with Crippen molar-refractivity contribution in [1.82, 2.24) is 10.2 Å². The summed E-state index contributed by atoms with van der Waals surface area (Å²) in [4.78, 5) is 26.6. The Kier molecular flexibility index (Phi) is 7.30. The van der Waals surface area contributed by atoms with Gasteiger partial charge in [0.15, 0.2) is 0 Å². The number of rotatable bonds is 7. The normalized spacial score (nSPS) is 16.9. The molecule has 6 heteroatoms. The smallest absolute Gasteiger partial charge is 0.227 e. The van der Waals surface area contributed by atoms with E-state index in [1.807, 2.05) is 46.0 Å². The molecule has 0 spiro atoms. The van der Waals surface area contributed by atoms with Gasteiger partial charge in [-0.15, -0.1) is 0 Å². The topological polar surface area (TPSA) is 49.4 Å². The van der Waals surface area contributed by atoms with E-state index in [0.29, 0.717) is 30.3 Å². The van der Waals surface area contributed by atoms with Gasteiger partial charge in [0.1, 0.15) is 0 Å². The van der Waals surface area contributed by atoms with Gasteiger partial charge in [0.2, 0.25) is 11.8 Å². The molecular weight excluding hydrogens is 380 g/mol. The molecule has 3 rings (SSSR count). The number of carbonyl (C=O) groups is 2. The van der Waals surface area contributed by atoms with Crippen molar-refractivity contribution in [2.75, 3.05) is 13.1 Å². The fourth-order valence-electron chi connectivity index (χ4n) is 3.47. The van der Waals surface area contributed by atoms with Gasteiger partial charge >= 0.3 is 0 Å². The van der Waals surface area contributed by atoms with Crippen LogP contribution in [0.3, 0.4) is 0 Å². The molecule has 27 heavy (non-hydrogen) atoms. The van der Waals surface area contributed by atoms with Crippen molar-refractivity contribution in [3.05, 3.63) is 57.2 Å². The van der Waals surface area contributed by atoms with Crippen LogP contribution in [0.15, 0.2) is 41.1 Å². The molecule has 0 saturated carbocycles. The van der Waals surface area contributed by atoms with E-state index in [-0.39, 0.29) is 11.8 Å². The molecule has 1 aliphatic rings. The van der Waals surface area contributed by atoms with Crippen LogP contribution in [0.4, 0.5) is 0 Å². The van der Waals surface area contributed by atoms with E-state index in [2.05, 4.69) is 5.32 Å². The van der Waals surface area contributed by atoms with Gasteiger partial charge in [-0.1, -0.05) is 29.8 Å². The lowest BCUT2D eigenvalue weighted by atomic mass is 9.93. The minimum Gasteiger partial charge on any atom is -0.352 e. The SMILES string of the molecule is O=C(CC[C@H]1CCCN(C(=O)Cc2ccsc2)C1)NCc1ccccc1Cl. The van der Waals surface area contributed by atoms with Crippen molar-refractivity contribution in [3.8, 4) is 0 Å². The summed E-state index contributed by atoms with van der Waals surface area (Å²) in [5.41, 5.74) is 2.02. The van der Waals surface area contributed by atoms with Crippen LogP contribution < -0.4 is 5.32 Å². The number of piperidine rings is 1. The Morgan fingerprint density at radius 2 is 2.11 bits per heavy atom. The number of carbonyl (C=O) groups excluding carboxylic acids is 2. The van der Waals surface area contributed by atoms with Crippen molar-refractivity contribution in [2.24, 2.45) is 5.92 Å². The predicted octanol–water partition coefficient (Wildman–Crippen LogP) is 4.28. The summed E-state index contributed by atoms with van der Waals surface area (Å²) in [5.74, 6) is 0.633. The average molecular weight is 405 g/mol. The van der Waals surface area contributed by atoms with Crippen LogP contribution in [-0.2, 0) is 22.6 Å². The molecule has 1 aromatic heterocycles. The second kappa shape index (κ2) is 9.90. The zero-order chi connectivity index (χ0) is 19.1. The van der Waals surface area contributed by atoms with Gasteiger partial charge in [-0.25, -0.2) is 0 Å². The number of likely N-dealkylation sites (tertiary alicyclic amines) is 1. The fourth-order valence-corrected chi connectivity index (χ4v) is 4.34. The monoisotopic (exact) mass is 404 g/mol. The van der Waals surface area contributed by atoms with Crippen molar-refractivity contribution in [1.29, 1.82) is 0 Å². The van der Waals surface area contributed by atoms with E-state index in [1.165, 1.54) is 0 Å². The molecule has 0 unspecified atom stereocenters. The quantitative estimate of drug-likeness (QED) is 0.748. The molecule has 2 amide bonds. The maximum Gasteiger partial charge on any atom is 0.227 e. The predicted molar refractivity (Wildman–Crippen MR) is 110 cm³/mol. The van der Waals surface area contributed by atoms with Crippen molar-refractivity contribution < 1.29 is 9.59 Å². The minimum atomic E-state index is 0.0386. The molecule has 2 heterocycles. The fraction of sp³-hybridized carbons (Fsp3) is 0.429. The van der Waals surface area contributed by atoms with Crippen LogP contribution in [0.2, 0.25) is 5.02 Å². The summed E-state index contributed by atoms with van der Waals surface area (Å²) in [5, 5.41) is 7.64. The Balaban J connectivity index is 1.40. The van der Waals surface area contributed by atoms with E-state index >= 15 is 0 Å². The zero-order valence-electron chi connectivity index (χ0n) is 15.3. The standard InChI is InChI=1S/C21H25ClN2O2S/c22-19-6-2-1-5-18(19)13-23-20(25)8-7-16-4-3-10-24(14-16)21(26)12-17-9-11-27-15-17/h1-2,5-6,9,11,15-16H,3-4,7-8,10,12-14H2,(H,23,25)/t16-/m1/s1. The van der Waals surface area contributed by atoms with Crippen LogP contribution in [0.1, 0.15) is 36.8 Å². The second-order valence-corrected chi connectivity index (χ2v) is 8.25. The van der Waals surface area contributed by atoms with Gasteiger partial charge in [0, 0.05) is 31.1 Å². The highest BCUT2D eigenvalue weighted by Gasteiger charge is 2.24. The van der Waals surface area contributed by atoms with E-state index in [9.17, 15) is 9.59 Å². The molecule has 1 atom stereocenters. The zero-order valence-corrected chi connectivity index (χ0v) is 16.9. The molecule has 1 aliphatic heterocycles. The van der Waals surface area contributed by atoms with Crippen LogP contribution in [0, 0.1) is 5.92 Å². The third-order valence-electron chi connectivity index (χ3n) is 5.02. The first-order valence-electron chi connectivity index (χ1n) is 9.41. The molecule has 2 aromatic rings. The first kappa shape index (κ1) is 19.9. The number of hydrogen-bond acceptors (Lipinski definition) is 3. The largest absolute Gasteiger partial charge is 0.352 e. The molecule has 4 nitrogen and oxygen atoms in total. The number of amides is 2. The molecule has 1 fully saturated rings. The lowest BCUT2D eigenvalue weighted by Crippen LogP contribution is -2.41. The highest BCUT2D eigenvalue weighted by Crippen LogP contribution is 2.22. The van der Waals surface area contributed by atoms with Crippen LogP contribution in [-0.4, -0.2) is 29.8 Å². The van der Waals surface area contributed by atoms with Crippen molar-refractivity contribution in [3.63, 3.8) is 0 Å². The molecule has 0 radical (unpaired) electrons. The van der Waals surface area contributed by atoms with Gasteiger partial charge < -0.3 is 10.2 Å². The third-order valence-corrected chi connectivity index (χ3v) is 6.12. The second-order valence-electron chi connectivity index (χ2n) is 7.06. The summed E-state index contributed by atoms with van der Waals surface area (Å²) >= 11 is 7.74. The average Bonchev–Trinajstić information content (AvgIpc) is 3.19. The van der Waals surface area contributed by atoms with Crippen LogP contribution in [0.25, 0.3) is 0 Å². The maximum absolute atomic E-state index is 12.5. The third kappa shape index (κ3) is 6.08. The molecule has 0 bridgehead atoms. The number of halogens is 1. The Bertz CT molecular complexity index is 763. The van der Waals surface area contributed by atoms with E-state index in [4.69, 9.17) is 11.6 Å².